The number of rotatable bonds is 3. The van der Waals surface area contributed by atoms with Crippen molar-refractivity contribution in [2.45, 2.75) is 19.4 Å². The van der Waals surface area contributed by atoms with Crippen LogP contribution < -0.4 is 0 Å². The molecule has 3 heterocycles. The first-order chi connectivity index (χ1) is 10.0. The van der Waals surface area contributed by atoms with Crippen LogP contribution in [0.1, 0.15) is 19.4 Å². The molecule has 0 bridgehead atoms. The first-order valence-corrected chi connectivity index (χ1v) is 7.13. The second-order valence-corrected chi connectivity index (χ2v) is 5.86. The van der Waals surface area contributed by atoms with Crippen molar-refractivity contribution in [3.05, 3.63) is 18.5 Å². The van der Waals surface area contributed by atoms with Crippen LogP contribution in [0.3, 0.4) is 0 Å². The Balaban J connectivity index is 1.79. The summed E-state index contributed by atoms with van der Waals surface area (Å²) >= 11 is 0. The predicted molar refractivity (Wildman–Crippen MR) is 72.5 cm³/mol. The van der Waals surface area contributed by atoms with Gasteiger partial charge in [0.05, 0.1) is 12.0 Å². The largest absolute Gasteiger partial charge is 0.481 e. The average Bonchev–Trinajstić information content (AvgIpc) is 3.13. The monoisotopic (exact) mass is 293 g/mol. The molecule has 1 unspecified atom stereocenters. The Labute approximate surface area is 122 Å². The van der Waals surface area contributed by atoms with E-state index in [4.69, 9.17) is 4.74 Å². The van der Waals surface area contributed by atoms with E-state index in [1.807, 2.05) is 0 Å². The van der Waals surface area contributed by atoms with Gasteiger partial charge in [0.2, 0.25) is 5.91 Å². The number of fused-ring (bicyclic) bond motifs is 1. The minimum absolute atomic E-state index is 0.0891. The van der Waals surface area contributed by atoms with Gasteiger partial charge in [-0.2, -0.15) is 5.10 Å². The number of carboxylic acid groups (broad SMARTS) is 1. The zero-order valence-electron chi connectivity index (χ0n) is 11.9. The number of carboxylic acids is 1. The number of hydrogen-bond acceptors (Lipinski definition) is 4. The van der Waals surface area contributed by atoms with Gasteiger partial charge in [-0.05, 0) is 19.4 Å². The molecule has 1 amide bonds. The van der Waals surface area contributed by atoms with Crippen LogP contribution in [0.5, 0.6) is 0 Å². The van der Waals surface area contributed by atoms with Crippen LogP contribution >= 0.6 is 0 Å². The van der Waals surface area contributed by atoms with Gasteiger partial charge < -0.3 is 14.7 Å². The van der Waals surface area contributed by atoms with Crippen molar-refractivity contribution < 1.29 is 19.4 Å². The van der Waals surface area contributed by atoms with Crippen molar-refractivity contribution in [1.29, 1.82) is 0 Å². The van der Waals surface area contributed by atoms with Crippen LogP contribution in [-0.2, 0) is 14.3 Å². The molecule has 0 radical (unpaired) electrons. The molecular formula is C14H19N3O4. The molecule has 1 N–H and O–H groups in total. The van der Waals surface area contributed by atoms with Gasteiger partial charge in [-0.25, -0.2) is 0 Å². The first kappa shape index (κ1) is 14.1. The Hall–Kier alpha value is -1.89. The number of carbonyl (C=O) groups excluding carboxylic acids is 1. The normalized spacial score (nSPS) is 30.0. The zero-order valence-corrected chi connectivity index (χ0v) is 11.9. The number of amides is 1. The molecule has 0 spiro atoms. The van der Waals surface area contributed by atoms with Gasteiger partial charge in [0.15, 0.2) is 0 Å². The fraction of sp³-hybridized carbons (Fsp3) is 0.643. The molecule has 21 heavy (non-hydrogen) atoms. The van der Waals surface area contributed by atoms with E-state index < -0.39 is 17.4 Å². The van der Waals surface area contributed by atoms with Gasteiger partial charge in [-0.15, -0.1) is 0 Å². The number of aromatic nitrogens is 2. The highest BCUT2D eigenvalue weighted by atomic mass is 16.5. The number of carbonyl (C=O) groups is 2. The molecule has 7 heteroatoms. The molecule has 3 rings (SSSR count). The maximum absolute atomic E-state index is 12.6. The van der Waals surface area contributed by atoms with E-state index in [1.165, 1.54) is 0 Å². The molecule has 0 saturated carbocycles. The molecular weight excluding hydrogens is 274 g/mol. The summed E-state index contributed by atoms with van der Waals surface area (Å²) in [6.45, 7) is 3.34. The lowest BCUT2D eigenvalue weighted by molar-refractivity contribution is -0.157. The smallest absolute Gasteiger partial charge is 0.311 e. The van der Waals surface area contributed by atoms with Crippen LogP contribution in [-0.4, -0.2) is 58.0 Å². The second kappa shape index (κ2) is 5.14. The Kier molecular flexibility index (Phi) is 3.44. The molecule has 1 aromatic heterocycles. The molecule has 114 valence electrons. The van der Waals surface area contributed by atoms with Crippen molar-refractivity contribution in [3.63, 3.8) is 0 Å². The third-order valence-corrected chi connectivity index (χ3v) is 4.72. The molecule has 2 aliphatic heterocycles. The summed E-state index contributed by atoms with van der Waals surface area (Å²) in [4.78, 5) is 25.9. The van der Waals surface area contributed by atoms with Crippen LogP contribution in [0.25, 0.3) is 0 Å². The number of aliphatic carboxylic acids is 1. The molecule has 0 aliphatic carbocycles. The summed E-state index contributed by atoms with van der Waals surface area (Å²) in [5.74, 6) is -1.04. The van der Waals surface area contributed by atoms with Gasteiger partial charge in [-0.3, -0.25) is 14.3 Å². The summed E-state index contributed by atoms with van der Waals surface area (Å²) in [7, 11) is 0. The fourth-order valence-electron chi connectivity index (χ4n) is 3.35. The highest BCUT2D eigenvalue weighted by molar-refractivity contribution is 5.83. The van der Waals surface area contributed by atoms with Crippen molar-refractivity contribution in [2.75, 3.05) is 26.3 Å². The van der Waals surface area contributed by atoms with Crippen molar-refractivity contribution >= 4 is 11.9 Å². The van der Waals surface area contributed by atoms with Crippen LogP contribution in [0.2, 0.25) is 0 Å². The van der Waals surface area contributed by atoms with Crippen LogP contribution in [0.15, 0.2) is 18.5 Å². The lowest BCUT2D eigenvalue weighted by Gasteiger charge is -2.33. The van der Waals surface area contributed by atoms with E-state index in [1.54, 1.807) is 35.0 Å². The van der Waals surface area contributed by atoms with E-state index in [0.717, 1.165) is 0 Å². The Morgan fingerprint density at radius 2 is 2.33 bits per heavy atom. The van der Waals surface area contributed by atoms with Gasteiger partial charge in [0, 0.05) is 38.0 Å². The highest BCUT2D eigenvalue weighted by Gasteiger charge is 2.55. The summed E-state index contributed by atoms with van der Waals surface area (Å²) in [5, 5.41) is 13.7. The maximum Gasteiger partial charge on any atom is 0.311 e. The second-order valence-electron chi connectivity index (χ2n) is 5.86. The van der Waals surface area contributed by atoms with Crippen LogP contribution in [0.4, 0.5) is 0 Å². The lowest BCUT2D eigenvalue weighted by atomic mass is 9.74. The van der Waals surface area contributed by atoms with E-state index in [0.29, 0.717) is 26.2 Å². The SMILES string of the molecule is CC(C(=O)N1C[C@H]2COCC[C@@]2(C(=O)O)C1)n1cccn1. The van der Waals surface area contributed by atoms with E-state index in [-0.39, 0.29) is 18.4 Å². The molecule has 0 aromatic carbocycles. The minimum Gasteiger partial charge on any atom is -0.481 e. The van der Waals surface area contributed by atoms with Crippen molar-refractivity contribution in [2.24, 2.45) is 11.3 Å². The van der Waals surface area contributed by atoms with Gasteiger partial charge in [0.1, 0.15) is 6.04 Å². The zero-order chi connectivity index (χ0) is 15.0. The Morgan fingerprint density at radius 1 is 1.52 bits per heavy atom. The summed E-state index contributed by atoms with van der Waals surface area (Å²) in [5.41, 5.74) is -0.849. The predicted octanol–water partition coefficient (Wildman–Crippen LogP) is 0.394. The van der Waals surface area contributed by atoms with Gasteiger partial charge >= 0.3 is 5.97 Å². The molecule has 2 saturated heterocycles. The highest BCUT2D eigenvalue weighted by Crippen LogP contribution is 2.42. The van der Waals surface area contributed by atoms with Crippen LogP contribution in [0, 0.1) is 11.3 Å². The minimum atomic E-state index is -0.849. The first-order valence-electron chi connectivity index (χ1n) is 7.13. The molecule has 2 aliphatic rings. The van der Waals surface area contributed by atoms with E-state index in [9.17, 15) is 14.7 Å². The maximum atomic E-state index is 12.6. The number of hydrogen-bond donors (Lipinski definition) is 1. The third kappa shape index (κ3) is 2.21. The van der Waals surface area contributed by atoms with Crippen molar-refractivity contribution in [3.8, 4) is 0 Å². The standard InChI is InChI=1S/C14H19N3O4/c1-10(17-5-2-4-15-17)12(18)16-7-11-8-21-6-3-14(11,9-16)13(19)20/h2,4-5,10-11H,3,6-9H2,1H3,(H,19,20)/t10?,11-,14+/m0/s1. The summed E-state index contributed by atoms with van der Waals surface area (Å²) in [6.07, 6.45) is 3.83. The van der Waals surface area contributed by atoms with Crippen molar-refractivity contribution in [1.82, 2.24) is 14.7 Å². The van der Waals surface area contributed by atoms with E-state index >= 15 is 0 Å². The molecule has 3 atom stereocenters. The number of ether oxygens (including phenoxy) is 1. The quantitative estimate of drug-likeness (QED) is 0.871. The Morgan fingerprint density at radius 3 is 2.95 bits per heavy atom. The Bertz CT molecular complexity index is 544. The molecule has 7 nitrogen and oxygen atoms in total. The molecule has 1 aromatic rings. The topological polar surface area (TPSA) is 84.7 Å². The number of likely N-dealkylation sites (tertiary alicyclic amines) is 1. The molecule has 2 fully saturated rings. The lowest BCUT2D eigenvalue weighted by Crippen LogP contribution is -2.45. The number of nitrogens with zero attached hydrogens (tertiary/aromatic N) is 3. The summed E-state index contributed by atoms with van der Waals surface area (Å²) < 4.78 is 6.99. The third-order valence-electron chi connectivity index (χ3n) is 4.72. The van der Waals surface area contributed by atoms with E-state index in [2.05, 4.69) is 5.10 Å². The van der Waals surface area contributed by atoms with Gasteiger partial charge in [-0.1, -0.05) is 0 Å². The average molecular weight is 293 g/mol. The summed E-state index contributed by atoms with van der Waals surface area (Å²) in [6, 6.07) is 1.34. The fourth-order valence-corrected chi connectivity index (χ4v) is 3.35. The van der Waals surface area contributed by atoms with Gasteiger partial charge in [0.25, 0.3) is 0 Å².